The quantitative estimate of drug-likeness (QED) is 0.892. The maximum absolute atomic E-state index is 13.5. The summed E-state index contributed by atoms with van der Waals surface area (Å²) in [6.07, 6.45) is 1.48. The van der Waals surface area contributed by atoms with Gasteiger partial charge in [0.2, 0.25) is 5.91 Å². The molecule has 1 N–H and O–H groups in total. The van der Waals surface area contributed by atoms with Gasteiger partial charge in [-0.15, -0.1) is 0 Å². The Balaban J connectivity index is 1.66. The first kappa shape index (κ1) is 16.9. The fourth-order valence-electron chi connectivity index (χ4n) is 4.03. The molecule has 1 unspecified atom stereocenters. The van der Waals surface area contributed by atoms with Crippen LogP contribution in [0.15, 0.2) is 18.2 Å². The summed E-state index contributed by atoms with van der Waals surface area (Å²) < 4.78 is 13.5. The van der Waals surface area contributed by atoms with E-state index in [4.69, 9.17) is 5.26 Å². The van der Waals surface area contributed by atoms with Crippen molar-refractivity contribution >= 4 is 5.91 Å². The van der Waals surface area contributed by atoms with Crippen molar-refractivity contribution in [1.82, 2.24) is 9.80 Å². The number of aliphatic hydroxyl groups excluding tert-OH is 1. The minimum atomic E-state index is -0.458. The smallest absolute Gasteiger partial charge is 0.228 e. The summed E-state index contributed by atoms with van der Waals surface area (Å²) in [5.41, 5.74) is 0.642. The van der Waals surface area contributed by atoms with Crippen molar-refractivity contribution in [1.29, 1.82) is 5.26 Å². The highest BCUT2D eigenvalue weighted by atomic mass is 19.1. The normalized spacial score (nSPS) is 24.2. The number of likely N-dealkylation sites (N-methyl/N-ethyl adjacent to an activating group) is 1. The van der Waals surface area contributed by atoms with Crippen molar-refractivity contribution in [2.45, 2.75) is 31.9 Å². The van der Waals surface area contributed by atoms with Crippen LogP contribution in [0.2, 0.25) is 0 Å². The lowest BCUT2D eigenvalue weighted by Crippen LogP contribution is -2.56. The molecule has 0 saturated carbocycles. The van der Waals surface area contributed by atoms with Gasteiger partial charge in [-0.3, -0.25) is 9.69 Å². The molecule has 0 radical (unpaired) electrons. The highest BCUT2D eigenvalue weighted by Crippen LogP contribution is 2.40. The van der Waals surface area contributed by atoms with Crippen LogP contribution in [0.25, 0.3) is 0 Å². The molecule has 2 aliphatic rings. The summed E-state index contributed by atoms with van der Waals surface area (Å²) in [4.78, 5) is 16.4. The van der Waals surface area contributed by atoms with E-state index in [1.54, 1.807) is 18.0 Å². The molecule has 1 aromatic carbocycles. The molecule has 1 atom stereocenters. The number of likely N-dealkylation sites (tertiary alicyclic amines) is 2. The SMILES string of the molecule is CN1CC(O)CC2(CCN(Cc3cc(F)cc(C#N)c3)CC2)C1=O. The standard InChI is InChI=1S/C18H22FN3O2/c1-21-12-16(23)9-18(17(21)24)2-4-22(5-3-18)11-14-6-13(10-20)7-15(19)8-14/h6-8,16,23H,2-5,9,11-12H2,1H3. The Bertz CT molecular complexity index is 677. The molecule has 5 nitrogen and oxygen atoms in total. The second-order valence-electron chi connectivity index (χ2n) is 7.06. The van der Waals surface area contributed by atoms with Gasteiger partial charge in [-0.2, -0.15) is 5.26 Å². The Morgan fingerprint density at radius 2 is 2.08 bits per heavy atom. The van der Waals surface area contributed by atoms with E-state index in [1.807, 2.05) is 6.07 Å². The van der Waals surface area contributed by atoms with Gasteiger partial charge in [0, 0.05) is 20.1 Å². The zero-order chi connectivity index (χ0) is 17.3. The third-order valence-corrected chi connectivity index (χ3v) is 5.22. The number of nitrogens with zero attached hydrogens (tertiary/aromatic N) is 3. The van der Waals surface area contributed by atoms with Crippen LogP contribution in [0.1, 0.15) is 30.4 Å². The Morgan fingerprint density at radius 1 is 1.38 bits per heavy atom. The summed E-state index contributed by atoms with van der Waals surface area (Å²) in [6, 6.07) is 6.36. The first-order chi connectivity index (χ1) is 11.4. The Hall–Kier alpha value is -1.97. The molecule has 1 aromatic rings. The monoisotopic (exact) mass is 331 g/mol. The van der Waals surface area contributed by atoms with E-state index in [0.29, 0.717) is 37.9 Å². The van der Waals surface area contributed by atoms with Crippen molar-refractivity contribution in [3.05, 3.63) is 35.1 Å². The van der Waals surface area contributed by atoms with Crippen molar-refractivity contribution in [3.63, 3.8) is 0 Å². The molecule has 6 heteroatoms. The number of carbonyl (C=O) groups excluding carboxylic acids is 1. The van der Waals surface area contributed by atoms with Crippen LogP contribution in [0.4, 0.5) is 4.39 Å². The van der Waals surface area contributed by atoms with Gasteiger partial charge in [0.1, 0.15) is 5.82 Å². The molecule has 2 fully saturated rings. The van der Waals surface area contributed by atoms with Crippen molar-refractivity contribution < 1.29 is 14.3 Å². The Morgan fingerprint density at radius 3 is 2.75 bits per heavy atom. The number of β-amino-alcohol motifs (C(OH)–C–C–N with tert-alkyl or cyclic N) is 1. The van der Waals surface area contributed by atoms with Crippen LogP contribution >= 0.6 is 0 Å². The lowest BCUT2D eigenvalue weighted by atomic mass is 9.71. The van der Waals surface area contributed by atoms with Crippen LogP contribution in [-0.2, 0) is 11.3 Å². The van der Waals surface area contributed by atoms with Gasteiger partial charge in [0.25, 0.3) is 0 Å². The molecule has 2 heterocycles. The van der Waals surface area contributed by atoms with Crippen LogP contribution in [0.5, 0.6) is 0 Å². The summed E-state index contributed by atoms with van der Waals surface area (Å²) in [5, 5.41) is 19.0. The molecule has 1 amide bonds. The number of carbonyl (C=O) groups is 1. The summed E-state index contributed by atoms with van der Waals surface area (Å²) in [7, 11) is 1.75. The van der Waals surface area contributed by atoms with Gasteiger partial charge in [0.15, 0.2) is 0 Å². The molecular weight excluding hydrogens is 309 g/mol. The zero-order valence-corrected chi connectivity index (χ0v) is 13.8. The molecule has 2 aliphatic heterocycles. The van der Waals surface area contributed by atoms with E-state index in [9.17, 15) is 14.3 Å². The first-order valence-electron chi connectivity index (χ1n) is 8.27. The molecule has 0 aliphatic carbocycles. The van der Waals surface area contributed by atoms with Crippen molar-refractivity contribution in [2.24, 2.45) is 5.41 Å². The van der Waals surface area contributed by atoms with E-state index in [1.165, 1.54) is 12.1 Å². The maximum atomic E-state index is 13.5. The summed E-state index contributed by atoms with van der Waals surface area (Å²) in [5.74, 6) is -0.269. The third-order valence-electron chi connectivity index (χ3n) is 5.22. The van der Waals surface area contributed by atoms with E-state index in [2.05, 4.69) is 4.90 Å². The average molecular weight is 331 g/mol. The second kappa shape index (κ2) is 6.50. The number of nitriles is 1. The van der Waals surface area contributed by atoms with Gasteiger partial charge in [0.05, 0.1) is 23.2 Å². The highest BCUT2D eigenvalue weighted by molar-refractivity contribution is 5.83. The predicted molar refractivity (Wildman–Crippen MR) is 86.3 cm³/mol. The number of piperidine rings is 2. The van der Waals surface area contributed by atoms with Gasteiger partial charge < -0.3 is 10.0 Å². The number of hydrogen-bond donors (Lipinski definition) is 1. The van der Waals surface area contributed by atoms with Crippen molar-refractivity contribution in [3.8, 4) is 6.07 Å². The number of hydrogen-bond acceptors (Lipinski definition) is 4. The summed E-state index contributed by atoms with van der Waals surface area (Å²) >= 11 is 0. The Labute approximate surface area is 141 Å². The molecule has 128 valence electrons. The summed E-state index contributed by atoms with van der Waals surface area (Å²) in [6.45, 7) is 2.43. The van der Waals surface area contributed by atoms with Gasteiger partial charge in [-0.1, -0.05) is 0 Å². The van der Waals surface area contributed by atoms with E-state index in [0.717, 1.165) is 18.7 Å². The Kier molecular flexibility index (Phi) is 4.57. The molecule has 0 aromatic heterocycles. The van der Waals surface area contributed by atoms with Gasteiger partial charge >= 0.3 is 0 Å². The maximum Gasteiger partial charge on any atom is 0.228 e. The molecule has 24 heavy (non-hydrogen) atoms. The predicted octanol–water partition coefficient (Wildman–Crippen LogP) is 1.50. The van der Waals surface area contributed by atoms with E-state index < -0.39 is 17.3 Å². The molecule has 3 rings (SSSR count). The molecular formula is C18H22FN3O2. The fourth-order valence-corrected chi connectivity index (χ4v) is 4.03. The zero-order valence-electron chi connectivity index (χ0n) is 13.8. The second-order valence-corrected chi connectivity index (χ2v) is 7.06. The molecule has 1 spiro atoms. The van der Waals surface area contributed by atoms with Crippen LogP contribution in [0, 0.1) is 22.6 Å². The molecule has 0 bridgehead atoms. The number of benzene rings is 1. The third kappa shape index (κ3) is 3.28. The van der Waals surface area contributed by atoms with E-state index >= 15 is 0 Å². The number of amides is 1. The van der Waals surface area contributed by atoms with Crippen molar-refractivity contribution in [2.75, 3.05) is 26.7 Å². The topological polar surface area (TPSA) is 67.6 Å². The molecule has 2 saturated heterocycles. The number of rotatable bonds is 2. The van der Waals surface area contributed by atoms with Crippen LogP contribution in [0.3, 0.4) is 0 Å². The minimum Gasteiger partial charge on any atom is -0.391 e. The highest BCUT2D eigenvalue weighted by Gasteiger charge is 2.47. The largest absolute Gasteiger partial charge is 0.391 e. The lowest BCUT2D eigenvalue weighted by Gasteiger charge is -2.47. The fraction of sp³-hybridized carbons (Fsp3) is 0.556. The first-order valence-corrected chi connectivity index (χ1v) is 8.27. The van der Waals surface area contributed by atoms with Crippen LogP contribution in [-0.4, -0.2) is 53.6 Å². The number of aliphatic hydroxyl groups is 1. The van der Waals surface area contributed by atoms with Crippen LogP contribution < -0.4 is 0 Å². The van der Waals surface area contributed by atoms with Gasteiger partial charge in [-0.25, -0.2) is 4.39 Å². The minimum absolute atomic E-state index is 0.130. The lowest BCUT2D eigenvalue weighted by molar-refractivity contribution is -0.154. The van der Waals surface area contributed by atoms with E-state index in [-0.39, 0.29) is 5.91 Å². The van der Waals surface area contributed by atoms with Gasteiger partial charge in [-0.05, 0) is 56.1 Å². The average Bonchev–Trinajstić information content (AvgIpc) is 2.54. The number of halogens is 1.